The molecule has 0 nitrogen and oxygen atoms in total. The first kappa shape index (κ1) is 24.3. The minimum absolute atomic E-state index is 0. The van der Waals surface area contributed by atoms with Gasteiger partial charge in [0.1, 0.15) is 0 Å². The first-order valence-corrected chi connectivity index (χ1v) is 8.68. The molecule has 0 aliphatic rings. The molecule has 0 aliphatic heterocycles. The number of halogens is 2. The quantitative estimate of drug-likeness (QED) is 0.417. The van der Waals surface area contributed by atoms with Crippen molar-refractivity contribution in [2.75, 3.05) is 0 Å². The van der Waals surface area contributed by atoms with Crippen LogP contribution in [0.1, 0.15) is 13.8 Å². The Kier molecular flexibility index (Phi) is 14.2. The third kappa shape index (κ3) is 7.41. The largest absolute Gasteiger partial charge is 3.00 e. The minimum atomic E-state index is 0. The van der Waals surface area contributed by atoms with Crippen LogP contribution in [0.15, 0.2) is 66.7 Å². The van der Waals surface area contributed by atoms with Crippen molar-refractivity contribution in [1.29, 1.82) is 0 Å². The van der Waals surface area contributed by atoms with E-state index in [4.69, 9.17) is 0 Å². The summed E-state index contributed by atoms with van der Waals surface area (Å²) in [6.45, 7) is 4.45. The van der Waals surface area contributed by atoms with Crippen LogP contribution in [0.2, 0.25) is 12.1 Å². The predicted molar refractivity (Wildman–Crippen MR) is 91.7 cm³/mol. The topological polar surface area (TPSA) is 0 Å². The zero-order chi connectivity index (χ0) is 14.2. The Morgan fingerprint density at radius 2 is 1.39 bits per heavy atom. The van der Waals surface area contributed by atoms with Gasteiger partial charge in [-0.3, -0.25) is 0 Å². The van der Waals surface area contributed by atoms with Crippen molar-refractivity contribution in [2.24, 2.45) is 0 Å². The zero-order valence-corrected chi connectivity index (χ0v) is 17.0. The van der Waals surface area contributed by atoms with Crippen LogP contribution in [0.3, 0.4) is 0 Å². The maximum atomic E-state index is 2.24. The maximum Gasteiger partial charge on any atom is 3.00 e. The van der Waals surface area contributed by atoms with Crippen LogP contribution in [-0.2, 0) is 26.2 Å². The molecule has 0 atom stereocenters. The van der Waals surface area contributed by atoms with Crippen LogP contribution < -0.4 is 9.41 Å². The molecule has 0 saturated heterocycles. The van der Waals surface area contributed by atoms with E-state index in [1.807, 2.05) is 6.07 Å². The van der Waals surface area contributed by atoms with E-state index >= 15 is 0 Å². The van der Waals surface area contributed by atoms with Crippen molar-refractivity contribution in [3.63, 3.8) is 0 Å². The first-order valence-electron chi connectivity index (χ1n) is 7.26. The molecule has 119 valence electrons. The van der Waals surface area contributed by atoms with Crippen molar-refractivity contribution >= 4 is 20.3 Å². The molecule has 0 saturated carbocycles. The summed E-state index contributed by atoms with van der Waals surface area (Å²) in [7, 11) is 1.20. The van der Waals surface area contributed by atoms with Crippen molar-refractivity contribution in [1.82, 2.24) is 0 Å². The number of hydrogen-bond donors (Lipinski definition) is 0. The summed E-state index contributed by atoms with van der Waals surface area (Å²) >= 11 is 0. The molecule has 3 rings (SSSR count). The average molecular weight is 407 g/mol. The molecule has 0 unspecified atom stereocenters. The zero-order valence-electron chi connectivity index (χ0n) is 13.5. The second kappa shape index (κ2) is 13.4. The van der Waals surface area contributed by atoms with Gasteiger partial charge in [0.05, 0.1) is 0 Å². The summed E-state index contributed by atoms with van der Waals surface area (Å²) in [5.41, 5.74) is 2.59. The molecular weight excluding hydrogens is 386 g/mol. The molecular formula is C19H21F2SiZr. The summed E-state index contributed by atoms with van der Waals surface area (Å²) in [6, 6.07) is 26.2. The van der Waals surface area contributed by atoms with E-state index in [-0.39, 0.29) is 35.6 Å². The van der Waals surface area contributed by atoms with Crippen molar-refractivity contribution in [3.8, 4) is 11.1 Å². The second-order valence-corrected chi connectivity index (χ2v) is 6.61. The van der Waals surface area contributed by atoms with Crippen molar-refractivity contribution < 1.29 is 35.6 Å². The van der Waals surface area contributed by atoms with Crippen LogP contribution in [0.4, 0.5) is 0 Å². The van der Waals surface area contributed by atoms with E-state index in [0.717, 1.165) is 0 Å². The van der Waals surface area contributed by atoms with Gasteiger partial charge in [0.25, 0.3) is 0 Å². The molecule has 0 aliphatic carbocycles. The minimum Gasteiger partial charge on any atom is -1.00 e. The van der Waals surface area contributed by atoms with E-state index in [1.54, 1.807) is 0 Å². The Morgan fingerprint density at radius 1 is 0.826 bits per heavy atom. The summed E-state index contributed by atoms with van der Waals surface area (Å²) in [5, 5.41) is 2.63. The third-order valence-corrected chi connectivity index (χ3v) is 4.23. The smallest absolute Gasteiger partial charge is 1.00 e. The number of rotatable bonds is 3. The third-order valence-electron chi connectivity index (χ3n) is 3.23. The second-order valence-electron chi connectivity index (χ2n) is 4.70. The molecule has 3 radical (unpaired) electrons. The molecule has 23 heavy (non-hydrogen) atoms. The fourth-order valence-corrected chi connectivity index (χ4v) is 2.70. The SMILES string of the molecule is CC[Si]CC.[F-].[F-].[Zr+3].c1ccc(-c2cc3ccccc3[cH-]2)cc1. The Bertz CT molecular complexity index is 603. The van der Waals surface area contributed by atoms with Gasteiger partial charge in [0, 0.05) is 9.52 Å². The van der Waals surface area contributed by atoms with E-state index in [1.165, 1.54) is 43.5 Å². The number of benzene rings is 2. The van der Waals surface area contributed by atoms with Crippen LogP contribution in [0, 0.1) is 0 Å². The molecule has 0 N–H and O–H groups in total. The van der Waals surface area contributed by atoms with Gasteiger partial charge in [-0.1, -0.05) is 80.0 Å². The molecule has 0 heterocycles. The standard InChI is InChI=1S/C15H11.C4H10Si.2FH.Zr/c1-2-6-12(7-3-1)15-10-13-8-4-5-9-14(13)11-15;1-3-5-4-2;;;/h1-11H;3-4H2,1-2H3;2*1H;/q-1;;;;+3/p-2. The molecule has 0 spiro atoms. The van der Waals surface area contributed by atoms with Crippen molar-refractivity contribution in [2.45, 2.75) is 25.9 Å². The van der Waals surface area contributed by atoms with Crippen LogP contribution in [0.25, 0.3) is 21.9 Å². The van der Waals surface area contributed by atoms with Crippen LogP contribution in [-0.4, -0.2) is 9.52 Å². The molecule has 0 amide bonds. The van der Waals surface area contributed by atoms with E-state index in [9.17, 15) is 0 Å². The van der Waals surface area contributed by atoms with Gasteiger partial charge in [-0.15, -0.1) is 34.5 Å². The molecule has 0 fully saturated rings. The van der Waals surface area contributed by atoms with E-state index < -0.39 is 0 Å². The van der Waals surface area contributed by atoms with Gasteiger partial charge in [-0.25, -0.2) is 0 Å². The molecule has 3 aromatic carbocycles. The molecule has 3 aromatic rings. The Morgan fingerprint density at radius 3 is 1.91 bits per heavy atom. The van der Waals surface area contributed by atoms with Gasteiger partial charge < -0.3 is 9.41 Å². The Balaban J connectivity index is 0. The fraction of sp³-hybridized carbons (Fsp3) is 0.211. The van der Waals surface area contributed by atoms with Crippen molar-refractivity contribution in [3.05, 3.63) is 66.7 Å². The average Bonchev–Trinajstić information content (AvgIpc) is 2.94. The fourth-order valence-electron chi connectivity index (χ4n) is 2.20. The van der Waals surface area contributed by atoms with E-state index in [0.29, 0.717) is 0 Å². The number of fused-ring (bicyclic) bond motifs is 1. The molecule has 0 bridgehead atoms. The Labute approximate surface area is 159 Å². The normalized spacial score (nSPS) is 8.78. The number of hydrogen-bond acceptors (Lipinski definition) is 0. The Hall–Kier alpha value is -0.990. The summed E-state index contributed by atoms with van der Waals surface area (Å²) in [4.78, 5) is 0. The summed E-state index contributed by atoms with van der Waals surface area (Å²) in [5.74, 6) is 0. The molecule has 4 heteroatoms. The molecule has 0 aromatic heterocycles. The first-order chi connectivity index (χ1) is 9.85. The van der Waals surface area contributed by atoms with Gasteiger partial charge in [0.15, 0.2) is 0 Å². The predicted octanol–water partition coefficient (Wildman–Crippen LogP) is -0.202. The van der Waals surface area contributed by atoms with Gasteiger partial charge in [0.2, 0.25) is 0 Å². The van der Waals surface area contributed by atoms with Gasteiger partial charge in [-0.05, 0) is 0 Å². The summed E-state index contributed by atoms with van der Waals surface area (Å²) < 4.78 is 0. The maximum absolute atomic E-state index is 2.24. The summed E-state index contributed by atoms with van der Waals surface area (Å²) in [6.07, 6.45) is 0. The monoisotopic (exact) mass is 405 g/mol. The van der Waals surface area contributed by atoms with E-state index in [2.05, 4.69) is 74.5 Å². The van der Waals surface area contributed by atoms with Crippen LogP contribution in [0.5, 0.6) is 0 Å². The van der Waals surface area contributed by atoms with Crippen LogP contribution >= 0.6 is 0 Å². The van der Waals surface area contributed by atoms with Gasteiger partial charge >= 0.3 is 26.2 Å². The van der Waals surface area contributed by atoms with Gasteiger partial charge in [-0.2, -0.15) is 0 Å².